The molecular weight excluding hydrogens is 305 g/mol. The Kier molecular flexibility index (Phi) is 5.29. The predicted molar refractivity (Wildman–Crippen MR) is 92.5 cm³/mol. The molecule has 4 heteroatoms. The first-order valence-corrected chi connectivity index (χ1v) is 8.43. The van der Waals surface area contributed by atoms with Crippen LogP contribution in [-0.2, 0) is 10.3 Å². The summed E-state index contributed by atoms with van der Waals surface area (Å²) < 4.78 is 18.7. The van der Waals surface area contributed by atoms with E-state index in [1.165, 1.54) is 12.1 Å². The van der Waals surface area contributed by atoms with E-state index in [1.807, 2.05) is 31.2 Å². The van der Waals surface area contributed by atoms with Crippen LogP contribution in [-0.4, -0.2) is 42.9 Å². The molecule has 1 aliphatic heterocycles. The summed E-state index contributed by atoms with van der Waals surface area (Å²) in [5.41, 5.74) is 1.59. The summed E-state index contributed by atoms with van der Waals surface area (Å²) in [5, 5.41) is 11.5. The average Bonchev–Trinajstić information content (AvgIpc) is 2.62. The largest absolute Gasteiger partial charge is 0.380 e. The molecule has 1 N–H and O–H groups in total. The summed E-state index contributed by atoms with van der Waals surface area (Å²) in [6.45, 7) is 6.03. The van der Waals surface area contributed by atoms with Crippen LogP contribution in [0.5, 0.6) is 0 Å². The molecule has 1 aliphatic rings. The van der Waals surface area contributed by atoms with E-state index in [9.17, 15) is 9.50 Å². The molecule has 1 unspecified atom stereocenters. The second-order valence-corrected chi connectivity index (χ2v) is 6.44. The zero-order valence-electron chi connectivity index (χ0n) is 14.0. The smallest absolute Gasteiger partial charge is 0.123 e. The molecule has 2 aromatic rings. The molecule has 0 bridgehead atoms. The van der Waals surface area contributed by atoms with Crippen molar-refractivity contribution in [3.05, 3.63) is 71.0 Å². The zero-order valence-corrected chi connectivity index (χ0v) is 14.0. The van der Waals surface area contributed by atoms with Crippen molar-refractivity contribution in [2.45, 2.75) is 18.9 Å². The maximum Gasteiger partial charge on any atom is 0.123 e. The topological polar surface area (TPSA) is 32.7 Å². The molecule has 0 saturated carbocycles. The van der Waals surface area contributed by atoms with E-state index in [0.29, 0.717) is 6.42 Å². The number of morpholine rings is 1. The van der Waals surface area contributed by atoms with Crippen LogP contribution in [0.15, 0.2) is 48.5 Å². The van der Waals surface area contributed by atoms with E-state index in [4.69, 9.17) is 4.74 Å². The van der Waals surface area contributed by atoms with E-state index in [-0.39, 0.29) is 5.82 Å². The normalized spacial score (nSPS) is 18.3. The molecule has 3 rings (SSSR count). The number of aryl methyl sites for hydroxylation is 1. The minimum absolute atomic E-state index is 0.293. The van der Waals surface area contributed by atoms with Crippen molar-refractivity contribution in [1.82, 2.24) is 4.90 Å². The molecule has 1 fully saturated rings. The summed E-state index contributed by atoms with van der Waals surface area (Å²) in [6.07, 6.45) is 0.557. The van der Waals surface area contributed by atoms with Gasteiger partial charge in [-0.25, -0.2) is 4.39 Å². The zero-order chi connectivity index (χ0) is 17.0. The molecule has 1 saturated heterocycles. The molecule has 2 aromatic carbocycles. The van der Waals surface area contributed by atoms with Gasteiger partial charge in [0.25, 0.3) is 0 Å². The Morgan fingerprint density at radius 3 is 2.12 bits per heavy atom. The third-order valence-electron chi connectivity index (χ3n) is 4.74. The number of benzene rings is 2. The summed E-state index contributed by atoms with van der Waals surface area (Å²) in [6, 6.07) is 14.1. The van der Waals surface area contributed by atoms with Crippen LogP contribution in [0.4, 0.5) is 4.39 Å². The van der Waals surface area contributed by atoms with Crippen molar-refractivity contribution in [1.29, 1.82) is 0 Å². The molecular formula is C20H24FNO2. The van der Waals surface area contributed by atoms with Crippen LogP contribution in [0, 0.1) is 12.7 Å². The van der Waals surface area contributed by atoms with Crippen LogP contribution in [0.3, 0.4) is 0 Å². The summed E-state index contributed by atoms with van der Waals surface area (Å²) in [5.74, 6) is -0.293. The van der Waals surface area contributed by atoms with E-state index in [0.717, 1.165) is 49.5 Å². The van der Waals surface area contributed by atoms with Crippen LogP contribution in [0.2, 0.25) is 0 Å². The second-order valence-electron chi connectivity index (χ2n) is 6.44. The van der Waals surface area contributed by atoms with Crippen LogP contribution < -0.4 is 0 Å². The number of hydrogen-bond acceptors (Lipinski definition) is 3. The highest BCUT2D eigenvalue weighted by molar-refractivity contribution is 5.37. The number of ether oxygens (including phenoxy) is 1. The van der Waals surface area contributed by atoms with Gasteiger partial charge in [0.2, 0.25) is 0 Å². The number of halogens is 1. The maximum absolute atomic E-state index is 13.3. The van der Waals surface area contributed by atoms with Gasteiger partial charge in [0, 0.05) is 19.6 Å². The number of nitrogens with zero attached hydrogens (tertiary/aromatic N) is 1. The lowest BCUT2D eigenvalue weighted by Gasteiger charge is -2.34. The Morgan fingerprint density at radius 1 is 1.00 bits per heavy atom. The summed E-state index contributed by atoms with van der Waals surface area (Å²) in [7, 11) is 0. The highest BCUT2D eigenvalue weighted by Crippen LogP contribution is 2.33. The Hall–Kier alpha value is -1.75. The van der Waals surface area contributed by atoms with Crippen LogP contribution in [0.25, 0.3) is 0 Å². The van der Waals surface area contributed by atoms with Crippen molar-refractivity contribution in [3.8, 4) is 0 Å². The van der Waals surface area contributed by atoms with Gasteiger partial charge < -0.3 is 9.84 Å². The first kappa shape index (κ1) is 17.1. The average molecular weight is 329 g/mol. The van der Waals surface area contributed by atoms with E-state index in [2.05, 4.69) is 4.90 Å². The molecule has 0 radical (unpaired) electrons. The molecule has 1 atom stereocenters. The number of hydrogen-bond donors (Lipinski definition) is 1. The molecule has 0 spiro atoms. The maximum atomic E-state index is 13.3. The Labute approximate surface area is 142 Å². The predicted octanol–water partition coefficient (Wildman–Crippen LogP) is 3.09. The standard InChI is InChI=1S/C20H24FNO2/c1-16-2-4-17(5-3-16)20(23,18-6-8-19(21)9-7-18)10-11-22-12-14-24-15-13-22/h2-9,23H,10-15H2,1H3. The van der Waals surface area contributed by atoms with E-state index < -0.39 is 5.60 Å². The minimum atomic E-state index is -1.13. The van der Waals surface area contributed by atoms with Gasteiger partial charge >= 0.3 is 0 Å². The molecule has 24 heavy (non-hydrogen) atoms. The fourth-order valence-electron chi connectivity index (χ4n) is 3.15. The monoisotopic (exact) mass is 329 g/mol. The van der Waals surface area contributed by atoms with Gasteiger partial charge in [-0.15, -0.1) is 0 Å². The van der Waals surface area contributed by atoms with Gasteiger partial charge in [-0.3, -0.25) is 4.90 Å². The second kappa shape index (κ2) is 7.43. The minimum Gasteiger partial charge on any atom is -0.380 e. The highest BCUT2D eigenvalue weighted by Gasteiger charge is 2.32. The molecule has 3 nitrogen and oxygen atoms in total. The summed E-state index contributed by atoms with van der Waals surface area (Å²) in [4.78, 5) is 2.30. The fraction of sp³-hybridized carbons (Fsp3) is 0.400. The van der Waals surface area contributed by atoms with Crippen molar-refractivity contribution >= 4 is 0 Å². The lowest BCUT2D eigenvalue weighted by Crippen LogP contribution is -2.40. The molecule has 0 amide bonds. The fourth-order valence-corrected chi connectivity index (χ4v) is 3.15. The lowest BCUT2D eigenvalue weighted by atomic mass is 9.83. The quantitative estimate of drug-likeness (QED) is 0.915. The molecule has 0 aliphatic carbocycles. The Morgan fingerprint density at radius 2 is 1.54 bits per heavy atom. The van der Waals surface area contributed by atoms with Gasteiger partial charge in [-0.05, 0) is 36.6 Å². The van der Waals surface area contributed by atoms with Gasteiger partial charge in [0.1, 0.15) is 11.4 Å². The van der Waals surface area contributed by atoms with Gasteiger partial charge in [-0.2, -0.15) is 0 Å². The van der Waals surface area contributed by atoms with Gasteiger partial charge in [-0.1, -0.05) is 42.0 Å². The third-order valence-corrected chi connectivity index (χ3v) is 4.74. The molecule has 128 valence electrons. The Bertz CT molecular complexity index is 603. The van der Waals surface area contributed by atoms with Gasteiger partial charge in [0.15, 0.2) is 0 Å². The molecule has 0 aromatic heterocycles. The van der Waals surface area contributed by atoms with Crippen molar-refractivity contribution in [2.75, 3.05) is 32.8 Å². The van der Waals surface area contributed by atoms with E-state index in [1.54, 1.807) is 12.1 Å². The SMILES string of the molecule is Cc1ccc(C(O)(CCN2CCOCC2)c2ccc(F)cc2)cc1. The van der Waals surface area contributed by atoms with Crippen molar-refractivity contribution < 1.29 is 14.2 Å². The molecule has 1 heterocycles. The Balaban J connectivity index is 1.87. The lowest BCUT2D eigenvalue weighted by molar-refractivity contribution is 0.0143. The third kappa shape index (κ3) is 3.83. The first-order chi connectivity index (χ1) is 11.6. The summed E-state index contributed by atoms with van der Waals surface area (Å²) >= 11 is 0. The van der Waals surface area contributed by atoms with Crippen LogP contribution in [0.1, 0.15) is 23.1 Å². The van der Waals surface area contributed by atoms with Crippen molar-refractivity contribution in [3.63, 3.8) is 0 Å². The number of aliphatic hydroxyl groups is 1. The number of rotatable bonds is 5. The van der Waals surface area contributed by atoms with E-state index >= 15 is 0 Å². The van der Waals surface area contributed by atoms with Gasteiger partial charge in [0.05, 0.1) is 13.2 Å². The van der Waals surface area contributed by atoms with Crippen molar-refractivity contribution in [2.24, 2.45) is 0 Å². The first-order valence-electron chi connectivity index (χ1n) is 8.43. The van der Waals surface area contributed by atoms with Crippen LogP contribution >= 0.6 is 0 Å². The highest BCUT2D eigenvalue weighted by atomic mass is 19.1.